The van der Waals surface area contributed by atoms with E-state index in [0.717, 1.165) is 12.0 Å². The minimum Gasteiger partial charge on any atom is -0.493 e. The SMILES string of the molecule is COC(=O)c1cc(C)c(OCCCCl)cc1N. The number of alkyl halides is 1. The van der Waals surface area contributed by atoms with Gasteiger partial charge in [-0.15, -0.1) is 11.6 Å². The molecule has 0 spiro atoms. The van der Waals surface area contributed by atoms with Gasteiger partial charge in [0.1, 0.15) is 5.75 Å². The van der Waals surface area contributed by atoms with Crippen LogP contribution in [0.25, 0.3) is 0 Å². The van der Waals surface area contributed by atoms with Crippen LogP contribution in [0.3, 0.4) is 0 Å². The Morgan fingerprint density at radius 1 is 1.47 bits per heavy atom. The van der Waals surface area contributed by atoms with Crippen LogP contribution in [-0.4, -0.2) is 25.6 Å². The minimum absolute atomic E-state index is 0.350. The molecule has 0 heterocycles. The van der Waals surface area contributed by atoms with Crippen molar-refractivity contribution in [2.75, 3.05) is 25.3 Å². The first-order valence-electron chi connectivity index (χ1n) is 5.27. The van der Waals surface area contributed by atoms with E-state index in [-0.39, 0.29) is 0 Å². The van der Waals surface area contributed by atoms with Crippen molar-refractivity contribution >= 4 is 23.3 Å². The van der Waals surface area contributed by atoms with Crippen LogP contribution in [0.15, 0.2) is 12.1 Å². The third-order valence-corrected chi connectivity index (χ3v) is 2.56. The highest BCUT2D eigenvalue weighted by Gasteiger charge is 2.13. The van der Waals surface area contributed by atoms with E-state index in [2.05, 4.69) is 4.74 Å². The van der Waals surface area contributed by atoms with Gasteiger partial charge >= 0.3 is 5.97 Å². The number of carbonyl (C=O) groups is 1. The van der Waals surface area contributed by atoms with Crippen molar-refractivity contribution in [2.45, 2.75) is 13.3 Å². The first kappa shape index (κ1) is 13.6. The number of aryl methyl sites for hydroxylation is 1. The summed E-state index contributed by atoms with van der Waals surface area (Å²) in [6.45, 7) is 2.38. The zero-order valence-electron chi connectivity index (χ0n) is 9.96. The summed E-state index contributed by atoms with van der Waals surface area (Å²) in [7, 11) is 1.32. The largest absolute Gasteiger partial charge is 0.493 e. The minimum atomic E-state index is -0.446. The van der Waals surface area contributed by atoms with Gasteiger partial charge in [-0.2, -0.15) is 0 Å². The Kier molecular flexibility index (Phi) is 5.10. The van der Waals surface area contributed by atoms with Crippen molar-refractivity contribution in [1.29, 1.82) is 0 Å². The summed E-state index contributed by atoms with van der Waals surface area (Å²) >= 11 is 5.56. The first-order valence-corrected chi connectivity index (χ1v) is 5.80. The summed E-state index contributed by atoms with van der Waals surface area (Å²) in [5.74, 6) is 0.771. The Bertz CT molecular complexity index is 407. The quantitative estimate of drug-likeness (QED) is 0.381. The molecule has 0 saturated heterocycles. The Morgan fingerprint density at radius 3 is 2.76 bits per heavy atom. The molecule has 0 amide bonds. The molecule has 94 valence electrons. The topological polar surface area (TPSA) is 61.5 Å². The van der Waals surface area contributed by atoms with Gasteiger partial charge in [-0.05, 0) is 25.0 Å². The van der Waals surface area contributed by atoms with E-state index in [1.165, 1.54) is 7.11 Å². The summed E-state index contributed by atoms with van der Waals surface area (Å²) < 4.78 is 10.1. The van der Waals surface area contributed by atoms with E-state index >= 15 is 0 Å². The zero-order valence-corrected chi connectivity index (χ0v) is 10.7. The number of anilines is 1. The zero-order chi connectivity index (χ0) is 12.8. The molecule has 0 aliphatic heterocycles. The molecule has 1 rings (SSSR count). The van der Waals surface area contributed by atoms with Gasteiger partial charge in [0.25, 0.3) is 0 Å². The molecule has 0 fully saturated rings. The van der Waals surface area contributed by atoms with E-state index < -0.39 is 5.97 Å². The lowest BCUT2D eigenvalue weighted by atomic mass is 10.1. The fourth-order valence-electron chi connectivity index (χ4n) is 1.38. The van der Waals surface area contributed by atoms with E-state index in [1.54, 1.807) is 12.1 Å². The third-order valence-electron chi connectivity index (χ3n) is 2.29. The number of benzene rings is 1. The molecular formula is C12H16ClNO3. The van der Waals surface area contributed by atoms with E-state index in [4.69, 9.17) is 22.1 Å². The average molecular weight is 258 g/mol. The normalized spacial score (nSPS) is 10.1. The molecule has 0 unspecified atom stereocenters. The monoisotopic (exact) mass is 257 g/mol. The summed E-state index contributed by atoms with van der Waals surface area (Å²) in [5, 5.41) is 0. The number of esters is 1. The van der Waals surface area contributed by atoms with Crippen LogP contribution in [0, 0.1) is 6.92 Å². The van der Waals surface area contributed by atoms with Crippen molar-refractivity contribution in [3.05, 3.63) is 23.3 Å². The van der Waals surface area contributed by atoms with Crippen LogP contribution in [-0.2, 0) is 4.74 Å². The Balaban J connectivity index is 2.89. The van der Waals surface area contributed by atoms with Crippen LogP contribution < -0.4 is 10.5 Å². The summed E-state index contributed by atoms with van der Waals surface area (Å²) in [6.07, 6.45) is 0.764. The molecule has 4 nitrogen and oxygen atoms in total. The van der Waals surface area contributed by atoms with E-state index in [9.17, 15) is 4.79 Å². The van der Waals surface area contributed by atoms with Crippen molar-refractivity contribution in [1.82, 2.24) is 0 Å². The highest BCUT2D eigenvalue weighted by Crippen LogP contribution is 2.25. The maximum atomic E-state index is 11.4. The average Bonchev–Trinajstić information content (AvgIpc) is 2.32. The molecular weight excluding hydrogens is 242 g/mol. The second-order valence-corrected chi connectivity index (χ2v) is 3.97. The number of halogens is 1. The Morgan fingerprint density at radius 2 is 2.18 bits per heavy atom. The molecule has 1 aromatic carbocycles. The molecule has 17 heavy (non-hydrogen) atoms. The summed E-state index contributed by atoms with van der Waals surface area (Å²) in [4.78, 5) is 11.4. The predicted octanol–water partition coefficient (Wildman–Crippen LogP) is 2.37. The van der Waals surface area contributed by atoms with Crippen LogP contribution in [0.4, 0.5) is 5.69 Å². The van der Waals surface area contributed by atoms with Crippen molar-refractivity contribution < 1.29 is 14.3 Å². The highest BCUT2D eigenvalue weighted by molar-refractivity contribution is 6.17. The van der Waals surface area contributed by atoms with Crippen LogP contribution in [0.1, 0.15) is 22.3 Å². The van der Waals surface area contributed by atoms with Gasteiger partial charge in [0, 0.05) is 17.6 Å². The van der Waals surface area contributed by atoms with Gasteiger partial charge in [-0.25, -0.2) is 4.79 Å². The maximum absolute atomic E-state index is 11.4. The van der Waals surface area contributed by atoms with Gasteiger partial charge in [0.15, 0.2) is 0 Å². The third kappa shape index (κ3) is 3.53. The second-order valence-electron chi connectivity index (χ2n) is 3.59. The van der Waals surface area contributed by atoms with Crippen LogP contribution >= 0.6 is 11.6 Å². The molecule has 0 aliphatic rings. The second kappa shape index (κ2) is 6.35. The molecule has 2 N–H and O–H groups in total. The lowest BCUT2D eigenvalue weighted by Crippen LogP contribution is -2.07. The van der Waals surface area contributed by atoms with Crippen molar-refractivity contribution in [3.63, 3.8) is 0 Å². The van der Waals surface area contributed by atoms with E-state index in [0.29, 0.717) is 29.5 Å². The van der Waals surface area contributed by atoms with Gasteiger partial charge in [0.05, 0.1) is 19.3 Å². The standard InChI is InChI=1S/C12H16ClNO3/c1-8-6-9(12(15)16-2)10(14)7-11(8)17-5-3-4-13/h6-7H,3-5,14H2,1-2H3. The van der Waals surface area contributed by atoms with Gasteiger partial charge in [-0.1, -0.05) is 0 Å². The fraction of sp³-hybridized carbons (Fsp3) is 0.417. The molecule has 0 aromatic heterocycles. The number of nitrogens with two attached hydrogens (primary N) is 1. The van der Waals surface area contributed by atoms with Gasteiger partial charge in [0.2, 0.25) is 0 Å². The first-order chi connectivity index (χ1) is 8.10. The smallest absolute Gasteiger partial charge is 0.339 e. The van der Waals surface area contributed by atoms with E-state index in [1.807, 2.05) is 6.92 Å². The number of hydrogen-bond acceptors (Lipinski definition) is 4. The molecule has 1 aromatic rings. The summed E-state index contributed by atoms with van der Waals surface area (Å²) in [6, 6.07) is 3.30. The molecule has 5 heteroatoms. The molecule has 0 radical (unpaired) electrons. The lowest BCUT2D eigenvalue weighted by molar-refractivity contribution is 0.0602. The predicted molar refractivity (Wildman–Crippen MR) is 67.8 cm³/mol. The number of rotatable bonds is 5. The van der Waals surface area contributed by atoms with Crippen molar-refractivity contribution in [3.8, 4) is 5.75 Å². The number of nitrogen functional groups attached to an aromatic ring is 1. The van der Waals surface area contributed by atoms with Crippen LogP contribution in [0.5, 0.6) is 5.75 Å². The van der Waals surface area contributed by atoms with Gasteiger partial charge < -0.3 is 15.2 Å². The Labute approximate surface area is 106 Å². The molecule has 0 aliphatic carbocycles. The number of hydrogen-bond donors (Lipinski definition) is 1. The highest BCUT2D eigenvalue weighted by atomic mass is 35.5. The number of carbonyl (C=O) groups excluding carboxylic acids is 1. The lowest BCUT2D eigenvalue weighted by Gasteiger charge is -2.11. The Hall–Kier alpha value is -1.42. The maximum Gasteiger partial charge on any atom is 0.339 e. The van der Waals surface area contributed by atoms with Crippen molar-refractivity contribution in [2.24, 2.45) is 0 Å². The number of ether oxygens (including phenoxy) is 2. The number of methoxy groups -OCH3 is 1. The molecule has 0 bridgehead atoms. The molecule has 0 saturated carbocycles. The fourth-order valence-corrected chi connectivity index (χ4v) is 1.49. The van der Waals surface area contributed by atoms with Gasteiger partial charge in [-0.3, -0.25) is 0 Å². The summed E-state index contributed by atoms with van der Waals surface area (Å²) in [5.41, 5.74) is 7.31. The van der Waals surface area contributed by atoms with Crippen LogP contribution in [0.2, 0.25) is 0 Å². The molecule has 0 atom stereocenters.